The number of alkyl carbamates (subject to hydrolysis) is 1. The van der Waals surface area contributed by atoms with Crippen LogP contribution >= 0.6 is 0 Å². The number of hydrazine groups is 1. The first-order valence-electron chi connectivity index (χ1n) is 7.84. The van der Waals surface area contributed by atoms with Gasteiger partial charge in [0, 0.05) is 6.42 Å². The maximum Gasteiger partial charge on any atom is 0.423 e. The number of carbonyl (C=O) groups is 3. The third-order valence-electron chi connectivity index (χ3n) is 3.40. The Labute approximate surface area is 150 Å². The van der Waals surface area contributed by atoms with Gasteiger partial charge in [-0.3, -0.25) is 10.2 Å². The standard InChI is InChI=1S/C18H19N3O5/c22-16(20-21-17(23)24)15(11-13-7-3-1-4-8-13)19-18(25)26-12-14-9-5-2-6-10-14/h1-10,15,21H,11-12H2,(H,19,25)(H,20,22)(H,23,24). The molecule has 0 spiro atoms. The summed E-state index contributed by atoms with van der Waals surface area (Å²) in [6, 6.07) is 17.1. The SMILES string of the molecule is O=C(O)NNC(=O)C(Cc1ccccc1)NC(=O)OCc1ccccc1. The van der Waals surface area contributed by atoms with E-state index in [1.165, 1.54) is 0 Å². The van der Waals surface area contributed by atoms with E-state index in [1.54, 1.807) is 41.8 Å². The molecular formula is C18H19N3O5. The summed E-state index contributed by atoms with van der Waals surface area (Å²) < 4.78 is 5.11. The summed E-state index contributed by atoms with van der Waals surface area (Å²) in [7, 11) is 0. The third kappa shape index (κ3) is 6.52. The molecule has 1 unspecified atom stereocenters. The molecule has 136 valence electrons. The molecule has 2 aromatic carbocycles. The summed E-state index contributed by atoms with van der Waals surface area (Å²) in [6.07, 6.45) is -2.02. The summed E-state index contributed by atoms with van der Waals surface area (Å²) >= 11 is 0. The van der Waals surface area contributed by atoms with Crippen LogP contribution in [0, 0.1) is 0 Å². The van der Waals surface area contributed by atoms with E-state index < -0.39 is 24.1 Å². The summed E-state index contributed by atoms with van der Waals surface area (Å²) in [4.78, 5) is 34.7. The zero-order valence-corrected chi connectivity index (χ0v) is 13.8. The van der Waals surface area contributed by atoms with Crippen molar-refractivity contribution >= 4 is 18.1 Å². The number of nitrogens with one attached hydrogen (secondary N) is 3. The molecule has 0 aliphatic carbocycles. The highest BCUT2D eigenvalue weighted by atomic mass is 16.5. The van der Waals surface area contributed by atoms with Crippen molar-refractivity contribution in [1.29, 1.82) is 0 Å². The zero-order valence-electron chi connectivity index (χ0n) is 13.8. The van der Waals surface area contributed by atoms with Crippen LogP contribution in [-0.4, -0.2) is 29.2 Å². The molecule has 0 radical (unpaired) electrons. The molecule has 8 heteroatoms. The molecule has 0 saturated carbocycles. The first-order chi connectivity index (χ1) is 12.5. The molecule has 1 atom stereocenters. The van der Waals surface area contributed by atoms with Crippen LogP contribution in [0.5, 0.6) is 0 Å². The molecule has 0 aromatic heterocycles. The lowest BCUT2D eigenvalue weighted by Gasteiger charge is -2.18. The fraction of sp³-hybridized carbons (Fsp3) is 0.167. The van der Waals surface area contributed by atoms with Crippen LogP contribution in [0.4, 0.5) is 9.59 Å². The maximum absolute atomic E-state index is 12.2. The van der Waals surface area contributed by atoms with E-state index in [0.717, 1.165) is 11.1 Å². The fourth-order valence-electron chi connectivity index (χ4n) is 2.17. The second-order valence-electron chi connectivity index (χ2n) is 5.37. The van der Waals surface area contributed by atoms with E-state index in [2.05, 4.69) is 5.32 Å². The summed E-state index contributed by atoms with van der Waals surface area (Å²) in [5, 5.41) is 11.0. The Kier molecular flexibility index (Phi) is 6.99. The molecule has 8 nitrogen and oxygen atoms in total. The molecule has 0 aliphatic heterocycles. The minimum Gasteiger partial charge on any atom is -0.464 e. The second-order valence-corrected chi connectivity index (χ2v) is 5.37. The zero-order chi connectivity index (χ0) is 18.8. The van der Waals surface area contributed by atoms with Gasteiger partial charge in [0.1, 0.15) is 12.6 Å². The lowest BCUT2D eigenvalue weighted by molar-refractivity contribution is -0.123. The van der Waals surface area contributed by atoms with Gasteiger partial charge in [-0.15, -0.1) is 0 Å². The monoisotopic (exact) mass is 357 g/mol. The predicted molar refractivity (Wildman–Crippen MR) is 93.0 cm³/mol. The lowest BCUT2D eigenvalue weighted by atomic mass is 10.1. The third-order valence-corrected chi connectivity index (χ3v) is 3.40. The Morgan fingerprint density at radius 3 is 2.04 bits per heavy atom. The van der Waals surface area contributed by atoms with Gasteiger partial charge in [-0.25, -0.2) is 15.0 Å². The Morgan fingerprint density at radius 2 is 1.46 bits per heavy atom. The minimum atomic E-state index is -1.41. The van der Waals surface area contributed by atoms with Crippen LogP contribution in [0.1, 0.15) is 11.1 Å². The molecule has 2 rings (SSSR count). The highest BCUT2D eigenvalue weighted by Crippen LogP contribution is 2.05. The maximum atomic E-state index is 12.2. The molecule has 0 heterocycles. The molecule has 26 heavy (non-hydrogen) atoms. The number of hydrogen-bond acceptors (Lipinski definition) is 4. The van der Waals surface area contributed by atoms with Gasteiger partial charge >= 0.3 is 12.2 Å². The fourth-order valence-corrected chi connectivity index (χ4v) is 2.17. The first kappa shape index (κ1) is 18.8. The van der Waals surface area contributed by atoms with Crippen molar-refractivity contribution in [2.75, 3.05) is 0 Å². The lowest BCUT2D eigenvalue weighted by Crippen LogP contribution is -2.53. The van der Waals surface area contributed by atoms with E-state index >= 15 is 0 Å². The molecule has 0 fully saturated rings. The van der Waals surface area contributed by atoms with Crippen molar-refractivity contribution in [3.63, 3.8) is 0 Å². The van der Waals surface area contributed by atoms with Crippen molar-refractivity contribution in [2.45, 2.75) is 19.1 Å². The van der Waals surface area contributed by atoms with Gasteiger partial charge in [0.25, 0.3) is 5.91 Å². The molecule has 4 N–H and O–H groups in total. The minimum absolute atomic E-state index is 0.0553. The molecule has 3 amide bonds. The Hall–Kier alpha value is -3.55. The number of amides is 3. The van der Waals surface area contributed by atoms with E-state index in [0.29, 0.717) is 0 Å². The number of hydrogen-bond donors (Lipinski definition) is 4. The Morgan fingerprint density at radius 1 is 0.885 bits per heavy atom. The van der Waals surface area contributed by atoms with Crippen molar-refractivity contribution in [2.24, 2.45) is 0 Å². The summed E-state index contributed by atoms with van der Waals surface area (Å²) in [5.41, 5.74) is 5.39. The first-order valence-corrected chi connectivity index (χ1v) is 7.84. The van der Waals surface area contributed by atoms with Gasteiger partial charge in [0.05, 0.1) is 0 Å². The highest BCUT2D eigenvalue weighted by molar-refractivity contribution is 5.86. The Balaban J connectivity index is 1.96. The van der Waals surface area contributed by atoms with E-state index in [9.17, 15) is 14.4 Å². The van der Waals surface area contributed by atoms with Gasteiger partial charge in [0.2, 0.25) is 0 Å². The van der Waals surface area contributed by atoms with Crippen LogP contribution in [0.2, 0.25) is 0 Å². The number of carbonyl (C=O) groups excluding carboxylic acids is 2. The van der Waals surface area contributed by atoms with Gasteiger partial charge < -0.3 is 15.2 Å². The topological polar surface area (TPSA) is 117 Å². The molecule has 0 saturated heterocycles. The number of carboxylic acid groups (broad SMARTS) is 1. The van der Waals surface area contributed by atoms with E-state index in [-0.39, 0.29) is 13.0 Å². The van der Waals surface area contributed by atoms with Crippen LogP contribution in [0.15, 0.2) is 60.7 Å². The quantitative estimate of drug-likeness (QED) is 0.589. The van der Waals surface area contributed by atoms with Crippen molar-refractivity contribution < 1.29 is 24.2 Å². The van der Waals surface area contributed by atoms with Crippen molar-refractivity contribution in [1.82, 2.24) is 16.2 Å². The predicted octanol–water partition coefficient (Wildman–Crippen LogP) is 1.82. The van der Waals surface area contributed by atoms with Gasteiger partial charge in [-0.1, -0.05) is 60.7 Å². The normalized spacial score (nSPS) is 11.1. The Bertz CT molecular complexity index is 737. The average molecular weight is 357 g/mol. The number of benzene rings is 2. The van der Waals surface area contributed by atoms with Crippen molar-refractivity contribution in [3.8, 4) is 0 Å². The van der Waals surface area contributed by atoms with Gasteiger partial charge in [-0.2, -0.15) is 0 Å². The number of rotatable bonds is 6. The van der Waals surface area contributed by atoms with Crippen LogP contribution in [-0.2, 0) is 22.6 Å². The molecular weight excluding hydrogens is 338 g/mol. The van der Waals surface area contributed by atoms with E-state index in [4.69, 9.17) is 9.84 Å². The van der Waals surface area contributed by atoms with Gasteiger partial charge in [-0.05, 0) is 11.1 Å². The van der Waals surface area contributed by atoms with Crippen LogP contribution in [0.3, 0.4) is 0 Å². The summed E-state index contributed by atoms with van der Waals surface area (Å²) in [6.45, 7) is 0.0553. The number of ether oxygens (including phenoxy) is 1. The van der Waals surface area contributed by atoms with Crippen molar-refractivity contribution in [3.05, 3.63) is 71.8 Å². The summed E-state index contributed by atoms with van der Waals surface area (Å²) in [5.74, 6) is -0.701. The molecule has 0 aliphatic rings. The highest BCUT2D eigenvalue weighted by Gasteiger charge is 2.22. The molecule has 0 bridgehead atoms. The van der Waals surface area contributed by atoms with Crippen LogP contribution < -0.4 is 16.2 Å². The average Bonchev–Trinajstić information content (AvgIpc) is 2.65. The largest absolute Gasteiger partial charge is 0.464 e. The van der Waals surface area contributed by atoms with Crippen LogP contribution in [0.25, 0.3) is 0 Å². The molecule has 2 aromatic rings. The van der Waals surface area contributed by atoms with E-state index in [1.807, 2.05) is 29.7 Å². The smallest absolute Gasteiger partial charge is 0.423 e. The second kappa shape index (κ2) is 9.67. The van der Waals surface area contributed by atoms with Gasteiger partial charge in [0.15, 0.2) is 0 Å².